The summed E-state index contributed by atoms with van der Waals surface area (Å²) < 4.78 is 0. The number of carbonyl (C=O) groups excluding carboxylic acids is 2. The van der Waals surface area contributed by atoms with Gasteiger partial charge >= 0.3 is 5.69 Å². The van der Waals surface area contributed by atoms with Crippen molar-refractivity contribution in [2.75, 3.05) is 26.2 Å². The van der Waals surface area contributed by atoms with Crippen LogP contribution in [0.5, 0.6) is 0 Å². The topological polar surface area (TPSA) is 86.4 Å². The fraction of sp³-hybridized carbons (Fsp3) is 0.368. The Balaban J connectivity index is 1.87. The van der Waals surface area contributed by atoms with E-state index in [4.69, 9.17) is 0 Å². The summed E-state index contributed by atoms with van der Waals surface area (Å²) in [6.45, 7) is 7.36. The van der Waals surface area contributed by atoms with E-state index in [-0.39, 0.29) is 17.5 Å². The summed E-state index contributed by atoms with van der Waals surface area (Å²) in [5.41, 5.74) is 3.10. The summed E-state index contributed by atoms with van der Waals surface area (Å²) in [6.07, 6.45) is 0. The van der Waals surface area contributed by atoms with Gasteiger partial charge in [-0.1, -0.05) is 23.8 Å². The largest absolute Gasteiger partial charge is 0.346 e. The van der Waals surface area contributed by atoms with Gasteiger partial charge in [0.25, 0.3) is 5.91 Å². The van der Waals surface area contributed by atoms with Crippen molar-refractivity contribution in [3.63, 3.8) is 0 Å². The summed E-state index contributed by atoms with van der Waals surface area (Å²) in [4.78, 5) is 46.1. The Morgan fingerprint density at radius 3 is 2.31 bits per heavy atom. The van der Waals surface area contributed by atoms with Gasteiger partial charge in [0.05, 0.1) is 5.69 Å². The first-order valence-electron chi connectivity index (χ1n) is 8.59. The number of piperazine rings is 1. The lowest BCUT2D eigenvalue weighted by Gasteiger charge is -2.34. The lowest BCUT2D eigenvalue weighted by Crippen LogP contribution is -2.50. The van der Waals surface area contributed by atoms with Crippen molar-refractivity contribution in [3.8, 4) is 11.3 Å². The van der Waals surface area contributed by atoms with Gasteiger partial charge in [0.2, 0.25) is 5.91 Å². The van der Waals surface area contributed by atoms with E-state index >= 15 is 0 Å². The molecule has 1 N–H and O–H groups in total. The molecule has 0 aliphatic carbocycles. The minimum Gasteiger partial charge on any atom is -0.339 e. The first kappa shape index (κ1) is 17.8. The number of nitrogens with zero attached hydrogens (tertiary/aromatic N) is 3. The number of rotatable bonds is 2. The van der Waals surface area contributed by atoms with Crippen molar-refractivity contribution in [2.45, 2.75) is 20.8 Å². The van der Waals surface area contributed by atoms with Crippen LogP contribution in [0.15, 0.2) is 29.1 Å². The number of aromatic nitrogens is 2. The molecular formula is C19H22N4O3. The maximum Gasteiger partial charge on any atom is 0.346 e. The van der Waals surface area contributed by atoms with Gasteiger partial charge < -0.3 is 14.8 Å². The zero-order valence-corrected chi connectivity index (χ0v) is 15.2. The molecule has 0 saturated carbocycles. The number of benzene rings is 1. The number of amides is 2. The van der Waals surface area contributed by atoms with Crippen LogP contribution >= 0.6 is 0 Å². The van der Waals surface area contributed by atoms with E-state index < -0.39 is 5.69 Å². The van der Waals surface area contributed by atoms with Gasteiger partial charge in [-0.05, 0) is 25.5 Å². The Hall–Kier alpha value is -2.96. The number of hydrogen-bond donors (Lipinski definition) is 1. The van der Waals surface area contributed by atoms with Gasteiger partial charge in [-0.25, -0.2) is 4.79 Å². The van der Waals surface area contributed by atoms with Crippen LogP contribution in [0.2, 0.25) is 0 Å². The smallest absolute Gasteiger partial charge is 0.339 e. The van der Waals surface area contributed by atoms with Crippen LogP contribution in [0.4, 0.5) is 0 Å². The van der Waals surface area contributed by atoms with E-state index in [0.717, 1.165) is 16.7 Å². The van der Waals surface area contributed by atoms with E-state index in [9.17, 15) is 14.4 Å². The van der Waals surface area contributed by atoms with E-state index in [2.05, 4.69) is 9.97 Å². The highest BCUT2D eigenvalue weighted by Crippen LogP contribution is 2.22. The lowest BCUT2D eigenvalue weighted by atomic mass is 10.0. The lowest BCUT2D eigenvalue weighted by molar-refractivity contribution is -0.130. The number of H-pyrrole nitrogens is 1. The fourth-order valence-corrected chi connectivity index (χ4v) is 3.21. The van der Waals surface area contributed by atoms with Gasteiger partial charge in [-0.2, -0.15) is 4.98 Å². The average molecular weight is 354 g/mol. The molecular weight excluding hydrogens is 332 g/mol. The number of carbonyl (C=O) groups is 2. The minimum absolute atomic E-state index is 0.00606. The van der Waals surface area contributed by atoms with Crippen molar-refractivity contribution in [3.05, 3.63) is 51.6 Å². The summed E-state index contributed by atoms with van der Waals surface area (Å²) in [5, 5.41) is 0. The highest BCUT2D eigenvalue weighted by Gasteiger charge is 2.24. The van der Waals surface area contributed by atoms with Crippen LogP contribution in [-0.4, -0.2) is 57.8 Å². The van der Waals surface area contributed by atoms with Crippen LogP contribution in [0.25, 0.3) is 11.3 Å². The first-order valence-corrected chi connectivity index (χ1v) is 8.59. The predicted octanol–water partition coefficient (Wildman–Crippen LogP) is 1.36. The molecule has 1 aliphatic rings. The van der Waals surface area contributed by atoms with Crippen molar-refractivity contribution < 1.29 is 9.59 Å². The molecule has 1 aromatic heterocycles. The predicted molar refractivity (Wildman–Crippen MR) is 97.9 cm³/mol. The van der Waals surface area contributed by atoms with Gasteiger partial charge in [0.15, 0.2) is 0 Å². The maximum atomic E-state index is 12.8. The third kappa shape index (κ3) is 3.66. The van der Waals surface area contributed by atoms with Crippen LogP contribution in [-0.2, 0) is 4.79 Å². The number of hydrogen-bond acceptors (Lipinski definition) is 4. The first-order chi connectivity index (χ1) is 12.3. The average Bonchev–Trinajstić information content (AvgIpc) is 2.60. The highest BCUT2D eigenvalue weighted by atomic mass is 16.2. The third-order valence-corrected chi connectivity index (χ3v) is 4.65. The molecule has 1 saturated heterocycles. The molecule has 1 fully saturated rings. The number of aryl methyl sites for hydroxylation is 2. The molecule has 26 heavy (non-hydrogen) atoms. The highest BCUT2D eigenvalue weighted by molar-refractivity contribution is 5.93. The van der Waals surface area contributed by atoms with Crippen LogP contribution < -0.4 is 5.69 Å². The normalized spacial score (nSPS) is 14.4. The molecule has 0 atom stereocenters. The Morgan fingerprint density at radius 2 is 1.69 bits per heavy atom. The second-order valence-electron chi connectivity index (χ2n) is 6.60. The molecule has 2 aromatic rings. The molecule has 2 amide bonds. The summed E-state index contributed by atoms with van der Waals surface area (Å²) in [5.74, 6) is -0.245. The molecule has 2 heterocycles. The Bertz CT molecular complexity index is 911. The second-order valence-corrected chi connectivity index (χ2v) is 6.60. The zero-order valence-electron chi connectivity index (χ0n) is 15.2. The van der Waals surface area contributed by atoms with E-state index in [0.29, 0.717) is 31.9 Å². The summed E-state index contributed by atoms with van der Waals surface area (Å²) in [7, 11) is 0. The SMILES string of the molecule is CC(=O)N1CCN(C(=O)c2cc(-c3ccc(C)cc3C)nc(=O)[nH]2)CC1. The standard InChI is InChI=1S/C19H22N4O3/c1-12-4-5-15(13(2)10-12)16-11-17(21-19(26)20-16)18(25)23-8-6-22(7-9-23)14(3)24/h4-5,10-11H,6-9H2,1-3H3,(H,20,21,26). The quantitative estimate of drug-likeness (QED) is 0.882. The second kappa shape index (κ2) is 7.11. The zero-order chi connectivity index (χ0) is 18.8. The van der Waals surface area contributed by atoms with E-state index in [1.807, 2.05) is 32.0 Å². The maximum absolute atomic E-state index is 12.8. The number of aromatic amines is 1. The molecule has 0 radical (unpaired) electrons. The van der Waals surface area contributed by atoms with Gasteiger partial charge in [-0.15, -0.1) is 0 Å². The Labute approximate surface area is 151 Å². The molecule has 3 rings (SSSR count). The van der Waals surface area contributed by atoms with E-state index in [1.165, 1.54) is 6.92 Å². The van der Waals surface area contributed by atoms with Crippen molar-refractivity contribution in [1.82, 2.24) is 19.8 Å². The molecule has 1 aromatic carbocycles. The van der Waals surface area contributed by atoms with Gasteiger partial charge in [-0.3, -0.25) is 9.59 Å². The molecule has 0 spiro atoms. The summed E-state index contributed by atoms with van der Waals surface area (Å²) >= 11 is 0. The molecule has 0 unspecified atom stereocenters. The fourth-order valence-electron chi connectivity index (χ4n) is 3.21. The molecule has 7 heteroatoms. The van der Waals surface area contributed by atoms with Crippen LogP contribution in [0.1, 0.15) is 28.5 Å². The summed E-state index contributed by atoms with van der Waals surface area (Å²) in [6, 6.07) is 7.50. The molecule has 0 bridgehead atoms. The van der Waals surface area contributed by atoms with Crippen LogP contribution in [0.3, 0.4) is 0 Å². The Kier molecular flexibility index (Phi) is 4.88. The Morgan fingerprint density at radius 1 is 1.04 bits per heavy atom. The van der Waals surface area contributed by atoms with Gasteiger partial charge in [0, 0.05) is 38.7 Å². The molecule has 136 valence electrons. The van der Waals surface area contributed by atoms with Crippen molar-refractivity contribution >= 4 is 11.8 Å². The molecule has 1 aliphatic heterocycles. The van der Waals surface area contributed by atoms with Crippen molar-refractivity contribution in [2.24, 2.45) is 0 Å². The van der Waals surface area contributed by atoms with Crippen LogP contribution in [0, 0.1) is 13.8 Å². The van der Waals surface area contributed by atoms with E-state index in [1.54, 1.807) is 15.9 Å². The van der Waals surface area contributed by atoms with Crippen molar-refractivity contribution in [1.29, 1.82) is 0 Å². The van der Waals surface area contributed by atoms with Gasteiger partial charge in [0.1, 0.15) is 5.69 Å². The number of nitrogens with one attached hydrogen (secondary N) is 1. The molecule has 7 nitrogen and oxygen atoms in total. The monoisotopic (exact) mass is 354 g/mol. The third-order valence-electron chi connectivity index (χ3n) is 4.65. The minimum atomic E-state index is -0.548.